The van der Waals surface area contributed by atoms with E-state index in [0.29, 0.717) is 15.6 Å². The molecule has 1 aromatic carbocycles. The van der Waals surface area contributed by atoms with Crippen LogP contribution in [0.3, 0.4) is 0 Å². The molecule has 11 heteroatoms. The van der Waals surface area contributed by atoms with Gasteiger partial charge in [0.2, 0.25) is 15.3 Å². The molecule has 0 spiro atoms. The molecule has 1 atom stereocenters. The summed E-state index contributed by atoms with van der Waals surface area (Å²) >= 11 is 7.15. The fourth-order valence-electron chi connectivity index (χ4n) is 3.11. The van der Waals surface area contributed by atoms with Crippen molar-refractivity contribution in [1.29, 1.82) is 0 Å². The summed E-state index contributed by atoms with van der Waals surface area (Å²) in [5.74, 6) is -1.90. The minimum atomic E-state index is -4.11. The van der Waals surface area contributed by atoms with Crippen LogP contribution in [-0.4, -0.2) is 23.4 Å². The van der Waals surface area contributed by atoms with E-state index in [2.05, 4.69) is 15.0 Å². The smallest absolute Gasteiger partial charge is 0.222 e. The summed E-state index contributed by atoms with van der Waals surface area (Å²) in [5, 5.41) is 4.56. The predicted octanol–water partition coefficient (Wildman–Crippen LogP) is 5.24. The molecule has 0 radical (unpaired) electrons. The average Bonchev–Trinajstić information content (AvgIpc) is 3.08. The Labute approximate surface area is 188 Å². The van der Waals surface area contributed by atoms with Gasteiger partial charge in [-0.25, -0.2) is 37.3 Å². The molecule has 0 bridgehead atoms. The largest absolute Gasteiger partial charge is 0.240 e. The van der Waals surface area contributed by atoms with Crippen LogP contribution in [0.5, 0.6) is 0 Å². The molecule has 6 nitrogen and oxygen atoms in total. The van der Waals surface area contributed by atoms with Crippen LogP contribution in [0.4, 0.5) is 8.78 Å². The average molecular weight is 487 g/mol. The first-order valence-corrected chi connectivity index (χ1v) is 12.1. The summed E-state index contributed by atoms with van der Waals surface area (Å²) in [6.07, 6.45) is 1.46. The Bertz CT molecular complexity index is 1240. The van der Waals surface area contributed by atoms with Crippen molar-refractivity contribution in [3.8, 4) is 21.8 Å². The predicted molar refractivity (Wildman–Crippen MR) is 118 cm³/mol. The van der Waals surface area contributed by atoms with Crippen LogP contribution >= 0.6 is 22.9 Å². The highest BCUT2D eigenvalue weighted by molar-refractivity contribution is 7.89. The highest BCUT2D eigenvalue weighted by atomic mass is 35.5. The van der Waals surface area contributed by atoms with Gasteiger partial charge >= 0.3 is 0 Å². The molecule has 1 unspecified atom stereocenters. The van der Waals surface area contributed by atoms with Gasteiger partial charge in [0.05, 0.1) is 26.8 Å². The third-order valence-corrected chi connectivity index (χ3v) is 7.67. The van der Waals surface area contributed by atoms with Crippen molar-refractivity contribution in [3.05, 3.63) is 51.9 Å². The van der Waals surface area contributed by atoms with E-state index < -0.39 is 37.9 Å². The lowest BCUT2D eigenvalue weighted by Crippen LogP contribution is -2.22. The van der Waals surface area contributed by atoms with Gasteiger partial charge in [-0.1, -0.05) is 33.8 Å². The second kappa shape index (κ2) is 8.50. The Morgan fingerprint density at radius 2 is 1.87 bits per heavy atom. The zero-order valence-electron chi connectivity index (χ0n) is 17.3. The molecule has 0 aliphatic heterocycles. The second-order valence-electron chi connectivity index (χ2n) is 7.97. The maximum atomic E-state index is 15.6. The molecule has 166 valence electrons. The van der Waals surface area contributed by atoms with Gasteiger partial charge in [-0.2, -0.15) is 0 Å². The number of halogens is 3. The van der Waals surface area contributed by atoms with Crippen molar-refractivity contribution in [2.75, 3.05) is 0 Å². The van der Waals surface area contributed by atoms with Gasteiger partial charge in [-0.3, -0.25) is 0 Å². The maximum Gasteiger partial charge on any atom is 0.222 e. The molecule has 2 aromatic heterocycles. The van der Waals surface area contributed by atoms with Crippen LogP contribution in [0.25, 0.3) is 21.8 Å². The fourth-order valence-corrected chi connectivity index (χ4v) is 5.36. The van der Waals surface area contributed by atoms with E-state index in [-0.39, 0.29) is 23.0 Å². The summed E-state index contributed by atoms with van der Waals surface area (Å²) in [6, 6.07) is 3.69. The van der Waals surface area contributed by atoms with Crippen LogP contribution in [0, 0.1) is 11.6 Å². The van der Waals surface area contributed by atoms with Gasteiger partial charge in [0.15, 0.2) is 0 Å². The minimum absolute atomic E-state index is 0.0193. The number of nitrogens with zero attached hydrogens (tertiary/aromatic N) is 3. The first kappa shape index (κ1) is 23.6. The Morgan fingerprint density at radius 3 is 2.42 bits per heavy atom. The molecule has 2 N–H and O–H groups in total. The van der Waals surface area contributed by atoms with Crippen molar-refractivity contribution < 1.29 is 17.2 Å². The highest BCUT2D eigenvalue weighted by Gasteiger charge is 2.31. The molecule has 31 heavy (non-hydrogen) atoms. The van der Waals surface area contributed by atoms with Crippen molar-refractivity contribution in [2.24, 2.45) is 5.14 Å². The summed E-state index contributed by atoms with van der Waals surface area (Å²) < 4.78 is 54.5. The Kier molecular flexibility index (Phi) is 6.48. The van der Waals surface area contributed by atoms with E-state index in [9.17, 15) is 12.8 Å². The molecule has 0 saturated heterocycles. The number of hydrogen-bond donors (Lipinski definition) is 1. The van der Waals surface area contributed by atoms with Crippen molar-refractivity contribution in [2.45, 2.75) is 44.8 Å². The number of aromatic nitrogens is 3. The quantitative estimate of drug-likeness (QED) is 0.497. The van der Waals surface area contributed by atoms with Crippen LogP contribution < -0.4 is 5.14 Å². The molecule has 0 aliphatic rings. The normalized spacial score (nSPS) is 13.4. The number of benzene rings is 1. The number of sulfonamides is 1. The van der Waals surface area contributed by atoms with E-state index in [1.807, 2.05) is 20.8 Å². The Balaban J connectivity index is 2.35. The molecule has 0 aliphatic carbocycles. The summed E-state index contributed by atoms with van der Waals surface area (Å²) in [7, 11) is -4.11. The van der Waals surface area contributed by atoms with Gasteiger partial charge in [0.1, 0.15) is 16.9 Å². The molecule has 2 heterocycles. The fraction of sp³-hybridized carbons (Fsp3) is 0.350. The van der Waals surface area contributed by atoms with Crippen LogP contribution in [0.1, 0.15) is 49.9 Å². The van der Waals surface area contributed by atoms with E-state index in [0.717, 1.165) is 12.1 Å². The number of primary sulfonamides is 1. The van der Waals surface area contributed by atoms with Crippen LogP contribution in [-0.2, 0) is 15.4 Å². The molecule has 3 aromatic rings. The molecular weight excluding hydrogens is 466 g/mol. The maximum absolute atomic E-state index is 15.6. The molecule has 3 rings (SSSR count). The van der Waals surface area contributed by atoms with Crippen LogP contribution in [0.15, 0.2) is 24.4 Å². The molecule has 0 amide bonds. The first-order valence-electron chi connectivity index (χ1n) is 9.34. The summed E-state index contributed by atoms with van der Waals surface area (Å²) in [4.78, 5) is 12.9. The number of hydrogen-bond acceptors (Lipinski definition) is 6. The molecule has 0 saturated carbocycles. The van der Waals surface area contributed by atoms with Crippen molar-refractivity contribution in [1.82, 2.24) is 15.0 Å². The van der Waals surface area contributed by atoms with E-state index in [4.69, 9.17) is 16.7 Å². The molecule has 0 fully saturated rings. The summed E-state index contributed by atoms with van der Waals surface area (Å²) in [6.45, 7) is 7.32. The zero-order chi connectivity index (χ0) is 23.1. The topological polar surface area (TPSA) is 98.8 Å². The highest BCUT2D eigenvalue weighted by Crippen LogP contribution is 2.43. The minimum Gasteiger partial charge on any atom is -0.240 e. The van der Waals surface area contributed by atoms with E-state index in [1.165, 1.54) is 17.5 Å². The van der Waals surface area contributed by atoms with Crippen LogP contribution in [0.2, 0.25) is 5.28 Å². The zero-order valence-corrected chi connectivity index (χ0v) is 19.7. The third-order valence-electron chi connectivity index (χ3n) is 4.60. The van der Waals surface area contributed by atoms with Gasteiger partial charge in [-0.15, -0.1) is 11.3 Å². The lowest BCUT2D eigenvalue weighted by molar-refractivity contribution is 0.554. The van der Waals surface area contributed by atoms with Gasteiger partial charge in [-0.05, 0) is 30.2 Å². The standard InChI is InChI=1S/C20H21ClF2N4O2S2/c1-5-13(31(24,28)29)10-6-7-11(22)14(15(10)23)16-17(12-8-9-25-19(21)26-12)30-18(27-16)20(2,3)4/h6-9,13H,5H2,1-4H3,(H2,24,28,29). The third kappa shape index (κ3) is 4.77. The number of thiazole rings is 1. The summed E-state index contributed by atoms with van der Waals surface area (Å²) in [5.41, 5.74) is -0.683. The monoisotopic (exact) mass is 486 g/mol. The van der Waals surface area contributed by atoms with E-state index in [1.54, 1.807) is 13.0 Å². The first-order chi connectivity index (χ1) is 14.3. The number of rotatable bonds is 5. The lowest BCUT2D eigenvalue weighted by atomic mass is 9.97. The Morgan fingerprint density at radius 1 is 1.19 bits per heavy atom. The van der Waals surface area contributed by atoms with Crippen molar-refractivity contribution >= 4 is 33.0 Å². The second-order valence-corrected chi connectivity index (χ2v) is 11.1. The van der Waals surface area contributed by atoms with Crippen molar-refractivity contribution in [3.63, 3.8) is 0 Å². The molecular formula is C20H21ClF2N4O2S2. The Hall–Kier alpha value is -2.01. The SMILES string of the molecule is CCC(c1ccc(F)c(-c2nc(C(C)(C)C)sc2-c2ccnc(Cl)n2)c1F)S(N)(=O)=O. The van der Waals surface area contributed by atoms with E-state index >= 15 is 4.39 Å². The van der Waals surface area contributed by atoms with Gasteiger partial charge in [0.25, 0.3) is 0 Å². The lowest BCUT2D eigenvalue weighted by Gasteiger charge is -2.16. The number of nitrogens with two attached hydrogens (primary N) is 1. The van der Waals surface area contributed by atoms with Gasteiger partial charge in [0, 0.05) is 17.2 Å². The van der Waals surface area contributed by atoms with Gasteiger partial charge < -0.3 is 0 Å².